The monoisotopic (exact) mass is 341 g/mol. The van der Waals surface area contributed by atoms with Crippen LogP contribution in [0.3, 0.4) is 0 Å². The summed E-state index contributed by atoms with van der Waals surface area (Å²) in [7, 11) is 0. The van der Waals surface area contributed by atoms with Crippen LogP contribution in [-0.2, 0) is 0 Å². The van der Waals surface area contributed by atoms with E-state index < -0.39 is 0 Å². The minimum absolute atomic E-state index is 0.105. The number of urea groups is 1. The number of amides is 3. The van der Waals surface area contributed by atoms with Crippen molar-refractivity contribution < 1.29 is 9.59 Å². The molecule has 1 aromatic rings. The first-order chi connectivity index (χ1) is 9.58. The molecule has 6 heteroatoms. The third-order valence-electron chi connectivity index (χ3n) is 2.82. The molecule has 0 aromatic heterocycles. The van der Waals surface area contributed by atoms with Gasteiger partial charge in [-0.3, -0.25) is 4.79 Å². The minimum Gasteiger partial charge on any atom is -0.350 e. The number of halogens is 1. The van der Waals surface area contributed by atoms with Gasteiger partial charge in [-0.2, -0.15) is 0 Å². The van der Waals surface area contributed by atoms with Crippen molar-refractivity contribution in [2.45, 2.75) is 13.8 Å². The van der Waals surface area contributed by atoms with Crippen LogP contribution < -0.4 is 10.6 Å². The number of hydrogen-bond donors (Lipinski definition) is 2. The van der Waals surface area contributed by atoms with Crippen LogP contribution in [-0.4, -0.2) is 43.0 Å². The SMILES string of the molecule is CCN(CC)C(=O)NCCNC(=O)c1cccc(Br)c1. The molecule has 5 nitrogen and oxygen atoms in total. The van der Waals surface area contributed by atoms with Crippen LogP contribution in [0, 0.1) is 0 Å². The Morgan fingerprint density at radius 1 is 1.15 bits per heavy atom. The van der Waals surface area contributed by atoms with Crippen LogP contribution in [0.5, 0.6) is 0 Å². The number of rotatable bonds is 6. The predicted molar refractivity (Wildman–Crippen MR) is 82.8 cm³/mol. The maximum absolute atomic E-state index is 11.8. The summed E-state index contributed by atoms with van der Waals surface area (Å²) in [6.07, 6.45) is 0. The first-order valence-corrected chi connectivity index (χ1v) is 7.44. The summed E-state index contributed by atoms with van der Waals surface area (Å²) in [6.45, 7) is 6.02. The molecule has 0 spiro atoms. The Bertz CT molecular complexity index is 461. The van der Waals surface area contributed by atoms with Crippen LogP contribution in [0.4, 0.5) is 4.79 Å². The van der Waals surface area contributed by atoms with E-state index in [9.17, 15) is 9.59 Å². The highest BCUT2D eigenvalue weighted by atomic mass is 79.9. The van der Waals surface area contributed by atoms with E-state index in [2.05, 4.69) is 26.6 Å². The van der Waals surface area contributed by atoms with Crippen molar-refractivity contribution in [2.24, 2.45) is 0 Å². The molecule has 3 amide bonds. The number of nitrogens with one attached hydrogen (secondary N) is 2. The maximum atomic E-state index is 11.8. The number of benzene rings is 1. The molecule has 0 fully saturated rings. The van der Waals surface area contributed by atoms with Gasteiger partial charge in [-0.1, -0.05) is 22.0 Å². The van der Waals surface area contributed by atoms with Crippen LogP contribution in [0.15, 0.2) is 28.7 Å². The molecule has 0 heterocycles. The molecule has 0 atom stereocenters. The van der Waals surface area contributed by atoms with Crippen molar-refractivity contribution in [3.8, 4) is 0 Å². The van der Waals surface area contributed by atoms with Crippen molar-refractivity contribution in [3.05, 3.63) is 34.3 Å². The highest BCUT2D eigenvalue weighted by molar-refractivity contribution is 9.10. The van der Waals surface area contributed by atoms with Gasteiger partial charge in [0.15, 0.2) is 0 Å². The fourth-order valence-electron chi connectivity index (χ4n) is 1.70. The molecule has 20 heavy (non-hydrogen) atoms. The average Bonchev–Trinajstić information content (AvgIpc) is 2.44. The van der Waals surface area contributed by atoms with Crippen molar-refractivity contribution in [3.63, 3.8) is 0 Å². The van der Waals surface area contributed by atoms with Crippen LogP contribution in [0.2, 0.25) is 0 Å². The van der Waals surface area contributed by atoms with Gasteiger partial charge in [-0.25, -0.2) is 4.79 Å². The van der Waals surface area contributed by atoms with E-state index in [0.29, 0.717) is 31.7 Å². The van der Waals surface area contributed by atoms with Crippen molar-refractivity contribution in [1.29, 1.82) is 0 Å². The molecule has 0 unspecified atom stereocenters. The average molecular weight is 342 g/mol. The largest absolute Gasteiger partial charge is 0.350 e. The standard InChI is InChI=1S/C14H20BrN3O2/c1-3-18(4-2)14(20)17-9-8-16-13(19)11-6-5-7-12(15)10-11/h5-7,10H,3-4,8-9H2,1-2H3,(H,16,19)(H,17,20). The maximum Gasteiger partial charge on any atom is 0.317 e. The quantitative estimate of drug-likeness (QED) is 0.779. The highest BCUT2D eigenvalue weighted by Crippen LogP contribution is 2.11. The van der Waals surface area contributed by atoms with Crippen LogP contribution in [0.25, 0.3) is 0 Å². The summed E-state index contributed by atoms with van der Waals surface area (Å²) in [5.41, 5.74) is 0.592. The van der Waals surface area contributed by atoms with Gasteiger partial charge in [0.2, 0.25) is 0 Å². The lowest BCUT2D eigenvalue weighted by molar-refractivity contribution is 0.0953. The summed E-state index contributed by atoms with van der Waals surface area (Å²) in [5, 5.41) is 5.53. The second-order valence-corrected chi connectivity index (χ2v) is 5.09. The number of hydrogen-bond acceptors (Lipinski definition) is 2. The molecule has 0 aliphatic carbocycles. The third kappa shape index (κ3) is 5.21. The second-order valence-electron chi connectivity index (χ2n) is 4.17. The lowest BCUT2D eigenvalue weighted by Gasteiger charge is -2.19. The Morgan fingerprint density at radius 2 is 1.80 bits per heavy atom. The van der Waals surface area contributed by atoms with Gasteiger partial charge >= 0.3 is 6.03 Å². The molecule has 110 valence electrons. The van der Waals surface area contributed by atoms with Gasteiger partial charge < -0.3 is 15.5 Å². The van der Waals surface area contributed by atoms with E-state index >= 15 is 0 Å². The Kier molecular flexibility index (Phi) is 7.08. The molecule has 0 aliphatic rings. The van der Waals surface area contributed by atoms with E-state index in [-0.39, 0.29) is 11.9 Å². The normalized spacial score (nSPS) is 9.95. The van der Waals surface area contributed by atoms with Crippen LogP contribution >= 0.6 is 15.9 Å². The van der Waals surface area contributed by atoms with Crippen molar-refractivity contribution in [1.82, 2.24) is 15.5 Å². The zero-order valence-corrected chi connectivity index (χ0v) is 13.4. The zero-order valence-electron chi connectivity index (χ0n) is 11.8. The number of carbonyl (C=O) groups excluding carboxylic acids is 2. The summed E-state index contributed by atoms with van der Waals surface area (Å²) in [5.74, 6) is -0.150. The number of nitrogens with zero attached hydrogens (tertiary/aromatic N) is 1. The third-order valence-corrected chi connectivity index (χ3v) is 3.32. The van der Waals surface area contributed by atoms with Crippen molar-refractivity contribution >= 4 is 27.9 Å². The van der Waals surface area contributed by atoms with E-state index in [1.807, 2.05) is 19.9 Å². The van der Waals surface area contributed by atoms with Gasteiger partial charge in [-0.05, 0) is 32.0 Å². The molecule has 0 aliphatic heterocycles. The summed E-state index contributed by atoms with van der Waals surface area (Å²) in [6, 6.07) is 7.06. The Balaban J connectivity index is 2.31. The van der Waals surface area contributed by atoms with Gasteiger partial charge in [0.25, 0.3) is 5.91 Å². The summed E-state index contributed by atoms with van der Waals surface area (Å²) in [4.78, 5) is 25.2. The lowest BCUT2D eigenvalue weighted by Crippen LogP contribution is -2.42. The first kappa shape index (κ1) is 16.5. The van der Waals surface area contributed by atoms with Gasteiger partial charge in [-0.15, -0.1) is 0 Å². The van der Waals surface area contributed by atoms with E-state index in [0.717, 1.165) is 4.47 Å². The molecule has 0 bridgehead atoms. The van der Waals surface area contributed by atoms with E-state index in [1.54, 1.807) is 23.1 Å². The summed E-state index contributed by atoms with van der Waals surface area (Å²) >= 11 is 3.32. The Hall–Kier alpha value is -1.56. The molecule has 1 rings (SSSR count). The molecular weight excluding hydrogens is 322 g/mol. The van der Waals surface area contributed by atoms with Gasteiger partial charge in [0, 0.05) is 36.2 Å². The Morgan fingerprint density at radius 3 is 2.40 bits per heavy atom. The molecule has 0 saturated heterocycles. The molecule has 0 radical (unpaired) electrons. The van der Waals surface area contributed by atoms with Gasteiger partial charge in [0.05, 0.1) is 0 Å². The minimum atomic E-state index is -0.150. The fraction of sp³-hybridized carbons (Fsp3) is 0.429. The Labute approximate surface area is 127 Å². The van der Waals surface area contributed by atoms with Crippen molar-refractivity contribution in [2.75, 3.05) is 26.2 Å². The fourth-order valence-corrected chi connectivity index (χ4v) is 2.10. The van der Waals surface area contributed by atoms with E-state index in [1.165, 1.54) is 0 Å². The molecule has 2 N–H and O–H groups in total. The van der Waals surface area contributed by atoms with Gasteiger partial charge in [0.1, 0.15) is 0 Å². The predicted octanol–water partition coefficient (Wildman–Crippen LogP) is 2.23. The number of carbonyl (C=O) groups is 2. The molecular formula is C14H20BrN3O2. The van der Waals surface area contributed by atoms with Crippen LogP contribution in [0.1, 0.15) is 24.2 Å². The highest BCUT2D eigenvalue weighted by Gasteiger charge is 2.08. The molecule has 1 aromatic carbocycles. The smallest absolute Gasteiger partial charge is 0.317 e. The second kappa shape index (κ2) is 8.58. The molecule has 0 saturated carbocycles. The first-order valence-electron chi connectivity index (χ1n) is 6.65. The summed E-state index contributed by atoms with van der Waals surface area (Å²) < 4.78 is 0.861. The topological polar surface area (TPSA) is 61.4 Å². The zero-order chi connectivity index (χ0) is 15.0. The lowest BCUT2D eigenvalue weighted by atomic mass is 10.2. The van der Waals surface area contributed by atoms with E-state index in [4.69, 9.17) is 0 Å².